The summed E-state index contributed by atoms with van der Waals surface area (Å²) in [6, 6.07) is 12.5. The number of carbonyl (C=O) groups excluding carboxylic acids is 2. The Labute approximate surface area is 181 Å². The molecule has 3 aromatic rings. The van der Waals surface area contributed by atoms with Gasteiger partial charge in [-0.2, -0.15) is 5.10 Å². The van der Waals surface area contributed by atoms with Crippen molar-refractivity contribution in [1.82, 2.24) is 15.1 Å². The minimum absolute atomic E-state index is 0.0456. The van der Waals surface area contributed by atoms with Crippen molar-refractivity contribution >= 4 is 34.1 Å². The van der Waals surface area contributed by atoms with Crippen molar-refractivity contribution in [2.24, 2.45) is 0 Å². The highest BCUT2D eigenvalue weighted by molar-refractivity contribution is 6.11. The first-order chi connectivity index (χ1) is 15.1. The van der Waals surface area contributed by atoms with Gasteiger partial charge in [0.15, 0.2) is 5.69 Å². The molecule has 0 aliphatic carbocycles. The van der Waals surface area contributed by atoms with Gasteiger partial charge in [0, 0.05) is 16.8 Å². The molecule has 1 aromatic heterocycles. The molecule has 1 aliphatic heterocycles. The van der Waals surface area contributed by atoms with Crippen molar-refractivity contribution in [2.45, 2.75) is 25.7 Å². The second kappa shape index (κ2) is 9.61. The SMILES string of the molecule is COc1ccc2[nH]nc(C(=O)Nc3cccc(NC(=O)CN4CCCCCC4)c3)c2c1. The van der Waals surface area contributed by atoms with Gasteiger partial charge < -0.3 is 15.4 Å². The van der Waals surface area contributed by atoms with E-state index >= 15 is 0 Å². The van der Waals surface area contributed by atoms with E-state index in [1.54, 1.807) is 37.4 Å². The van der Waals surface area contributed by atoms with Crippen LogP contribution >= 0.6 is 0 Å². The summed E-state index contributed by atoms with van der Waals surface area (Å²) in [6.45, 7) is 2.32. The fourth-order valence-corrected chi connectivity index (χ4v) is 3.86. The van der Waals surface area contributed by atoms with Crippen LogP contribution in [0.25, 0.3) is 10.9 Å². The van der Waals surface area contributed by atoms with Gasteiger partial charge in [0.05, 0.1) is 19.2 Å². The van der Waals surface area contributed by atoms with E-state index < -0.39 is 0 Å². The first kappa shape index (κ1) is 20.9. The number of methoxy groups -OCH3 is 1. The summed E-state index contributed by atoms with van der Waals surface area (Å²) in [5.74, 6) is 0.264. The summed E-state index contributed by atoms with van der Waals surface area (Å²) in [5, 5.41) is 13.5. The number of aromatic nitrogens is 2. The van der Waals surface area contributed by atoms with Crippen LogP contribution in [0.15, 0.2) is 42.5 Å². The third kappa shape index (κ3) is 5.21. The van der Waals surface area contributed by atoms with Crippen LogP contribution < -0.4 is 15.4 Å². The van der Waals surface area contributed by atoms with Crippen LogP contribution in [-0.2, 0) is 4.79 Å². The number of carbonyl (C=O) groups is 2. The van der Waals surface area contributed by atoms with Gasteiger partial charge in [0.2, 0.25) is 5.91 Å². The van der Waals surface area contributed by atoms with Gasteiger partial charge in [-0.25, -0.2) is 0 Å². The van der Waals surface area contributed by atoms with Crippen LogP contribution in [0, 0.1) is 0 Å². The molecule has 2 heterocycles. The van der Waals surface area contributed by atoms with Gasteiger partial charge in [-0.15, -0.1) is 0 Å². The molecule has 1 fully saturated rings. The number of rotatable bonds is 6. The number of H-pyrrole nitrogens is 1. The van der Waals surface area contributed by atoms with Crippen LogP contribution in [-0.4, -0.2) is 53.7 Å². The molecule has 31 heavy (non-hydrogen) atoms. The van der Waals surface area contributed by atoms with Gasteiger partial charge in [-0.05, 0) is 62.3 Å². The highest BCUT2D eigenvalue weighted by atomic mass is 16.5. The molecule has 3 N–H and O–H groups in total. The van der Waals surface area contributed by atoms with E-state index in [-0.39, 0.29) is 17.5 Å². The topological polar surface area (TPSA) is 99.3 Å². The van der Waals surface area contributed by atoms with Crippen molar-refractivity contribution in [2.75, 3.05) is 37.4 Å². The number of hydrogen-bond acceptors (Lipinski definition) is 5. The van der Waals surface area contributed by atoms with E-state index in [2.05, 4.69) is 25.7 Å². The van der Waals surface area contributed by atoms with E-state index in [0.717, 1.165) is 31.4 Å². The zero-order chi connectivity index (χ0) is 21.6. The highest BCUT2D eigenvalue weighted by Gasteiger charge is 2.16. The second-order valence-corrected chi connectivity index (χ2v) is 7.76. The molecule has 8 heteroatoms. The Morgan fingerprint density at radius 1 is 1.03 bits per heavy atom. The number of nitrogens with one attached hydrogen (secondary N) is 3. The summed E-state index contributed by atoms with van der Waals surface area (Å²) in [5.41, 5.74) is 2.26. The van der Waals surface area contributed by atoms with Gasteiger partial charge in [0.1, 0.15) is 5.75 Å². The molecule has 0 atom stereocenters. The number of benzene rings is 2. The predicted octanol–water partition coefficient (Wildman–Crippen LogP) is 3.64. The second-order valence-electron chi connectivity index (χ2n) is 7.76. The number of hydrogen-bond donors (Lipinski definition) is 3. The molecule has 4 rings (SSSR count). The maximum atomic E-state index is 12.8. The van der Waals surface area contributed by atoms with Crippen LogP contribution in [0.1, 0.15) is 36.2 Å². The van der Waals surface area contributed by atoms with Gasteiger partial charge in [-0.3, -0.25) is 19.6 Å². The average molecular weight is 422 g/mol. The van der Waals surface area contributed by atoms with Crippen molar-refractivity contribution in [3.63, 3.8) is 0 Å². The largest absolute Gasteiger partial charge is 0.497 e. The molecule has 0 unspecified atom stereocenters. The smallest absolute Gasteiger partial charge is 0.276 e. The van der Waals surface area contributed by atoms with Crippen LogP contribution in [0.2, 0.25) is 0 Å². The average Bonchev–Trinajstić information content (AvgIpc) is 3.02. The quantitative estimate of drug-likeness (QED) is 0.564. The van der Waals surface area contributed by atoms with E-state index in [1.807, 2.05) is 12.1 Å². The van der Waals surface area contributed by atoms with E-state index in [9.17, 15) is 9.59 Å². The summed E-state index contributed by atoms with van der Waals surface area (Å²) in [7, 11) is 1.58. The molecule has 1 saturated heterocycles. The maximum Gasteiger partial charge on any atom is 0.276 e. The van der Waals surface area contributed by atoms with Gasteiger partial charge in [-0.1, -0.05) is 18.9 Å². The summed E-state index contributed by atoms with van der Waals surface area (Å²) >= 11 is 0. The monoisotopic (exact) mass is 421 g/mol. The number of likely N-dealkylation sites (tertiary alicyclic amines) is 1. The Bertz CT molecular complexity index is 1070. The van der Waals surface area contributed by atoms with E-state index in [0.29, 0.717) is 29.1 Å². The van der Waals surface area contributed by atoms with Crippen molar-refractivity contribution in [1.29, 1.82) is 0 Å². The zero-order valence-corrected chi connectivity index (χ0v) is 17.6. The summed E-state index contributed by atoms with van der Waals surface area (Å²) < 4.78 is 5.24. The van der Waals surface area contributed by atoms with Crippen LogP contribution in [0.4, 0.5) is 11.4 Å². The Balaban J connectivity index is 1.41. The third-order valence-electron chi connectivity index (χ3n) is 5.46. The van der Waals surface area contributed by atoms with Crippen molar-refractivity contribution in [3.8, 4) is 5.75 Å². The maximum absolute atomic E-state index is 12.8. The predicted molar refractivity (Wildman–Crippen MR) is 121 cm³/mol. The molecule has 0 spiro atoms. The lowest BCUT2D eigenvalue weighted by atomic mass is 10.2. The Kier molecular flexibility index (Phi) is 6.47. The Morgan fingerprint density at radius 2 is 1.77 bits per heavy atom. The van der Waals surface area contributed by atoms with Crippen molar-refractivity contribution < 1.29 is 14.3 Å². The normalized spacial score (nSPS) is 14.7. The molecule has 2 amide bonds. The fourth-order valence-electron chi connectivity index (χ4n) is 3.86. The number of nitrogens with zero attached hydrogens (tertiary/aromatic N) is 2. The minimum Gasteiger partial charge on any atom is -0.497 e. The third-order valence-corrected chi connectivity index (χ3v) is 5.46. The molecule has 8 nitrogen and oxygen atoms in total. The Hall–Kier alpha value is -3.39. The first-order valence-corrected chi connectivity index (χ1v) is 10.6. The van der Waals surface area contributed by atoms with E-state index in [1.165, 1.54) is 12.8 Å². The number of aromatic amines is 1. The van der Waals surface area contributed by atoms with Crippen LogP contribution in [0.5, 0.6) is 5.75 Å². The first-order valence-electron chi connectivity index (χ1n) is 10.6. The highest BCUT2D eigenvalue weighted by Crippen LogP contribution is 2.23. The standard InChI is InChI=1S/C23H27N5O3/c1-31-18-9-10-20-19(14-18)22(27-26-20)23(30)25-17-8-6-7-16(13-17)24-21(29)15-28-11-4-2-3-5-12-28/h6-10,13-14H,2-5,11-12,15H2,1H3,(H,24,29)(H,25,30)(H,26,27). The fraction of sp³-hybridized carbons (Fsp3) is 0.348. The molecule has 0 radical (unpaired) electrons. The lowest BCUT2D eigenvalue weighted by Crippen LogP contribution is -2.33. The lowest BCUT2D eigenvalue weighted by Gasteiger charge is -2.19. The number of ether oxygens (including phenoxy) is 1. The number of amides is 2. The van der Waals surface area contributed by atoms with Crippen molar-refractivity contribution in [3.05, 3.63) is 48.2 Å². The van der Waals surface area contributed by atoms with Crippen LogP contribution in [0.3, 0.4) is 0 Å². The molecule has 0 bridgehead atoms. The van der Waals surface area contributed by atoms with Gasteiger partial charge in [0.25, 0.3) is 5.91 Å². The Morgan fingerprint density at radius 3 is 2.52 bits per heavy atom. The molecular weight excluding hydrogens is 394 g/mol. The molecule has 2 aromatic carbocycles. The van der Waals surface area contributed by atoms with Gasteiger partial charge >= 0.3 is 0 Å². The molecule has 1 aliphatic rings. The molecular formula is C23H27N5O3. The lowest BCUT2D eigenvalue weighted by molar-refractivity contribution is -0.117. The minimum atomic E-state index is -0.340. The summed E-state index contributed by atoms with van der Waals surface area (Å²) in [4.78, 5) is 27.4. The molecule has 0 saturated carbocycles. The summed E-state index contributed by atoms with van der Waals surface area (Å²) in [6.07, 6.45) is 4.75. The number of fused-ring (bicyclic) bond motifs is 1. The number of anilines is 2. The van der Waals surface area contributed by atoms with E-state index in [4.69, 9.17) is 4.74 Å². The zero-order valence-electron chi connectivity index (χ0n) is 17.6. The molecule has 162 valence electrons.